The van der Waals surface area contributed by atoms with Crippen LogP contribution in [-0.2, 0) is 19.7 Å². The lowest BCUT2D eigenvalue weighted by atomic mass is 10.2. The highest BCUT2D eigenvalue weighted by Gasteiger charge is 2.13. The fourth-order valence-electron chi connectivity index (χ4n) is 3.21. The number of hydrogen-bond donors (Lipinski definition) is 2. The number of ether oxygens (including phenoxy) is 2. The molecule has 0 fully saturated rings. The number of H-pyrrole nitrogens is 1. The van der Waals surface area contributed by atoms with Gasteiger partial charge in [0.2, 0.25) is 0 Å². The summed E-state index contributed by atoms with van der Waals surface area (Å²) in [5.41, 5.74) is 3.97. The van der Waals surface area contributed by atoms with E-state index >= 15 is 0 Å². The van der Waals surface area contributed by atoms with Crippen molar-refractivity contribution in [1.82, 2.24) is 15.3 Å². The van der Waals surface area contributed by atoms with Crippen LogP contribution in [0.15, 0.2) is 59.1 Å². The molecule has 0 spiro atoms. The second-order valence-electron chi connectivity index (χ2n) is 6.95. The van der Waals surface area contributed by atoms with Crippen LogP contribution >= 0.6 is 39.1 Å². The molecule has 160 valence electrons. The van der Waals surface area contributed by atoms with Crippen LogP contribution in [0.1, 0.15) is 17.0 Å². The minimum Gasteiger partial charge on any atom is -0.493 e. The van der Waals surface area contributed by atoms with E-state index in [2.05, 4.69) is 31.2 Å². The van der Waals surface area contributed by atoms with Crippen LogP contribution in [0.5, 0.6) is 11.5 Å². The fraction of sp³-hybridized carbons (Fsp3) is 0.174. The third-order valence-electron chi connectivity index (χ3n) is 4.72. The minimum atomic E-state index is 0.343. The van der Waals surface area contributed by atoms with Crippen molar-refractivity contribution in [2.24, 2.45) is 0 Å². The maximum Gasteiger partial charge on any atom is 0.175 e. The van der Waals surface area contributed by atoms with Crippen molar-refractivity contribution >= 4 is 50.2 Å². The minimum absolute atomic E-state index is 0.343. The van der Waals surface area contributed by atoms with Crippen molar-refractivity contribution < 1.29 is 9.47 Å². The molecule has 1 heterocycles. The lowest BCUT2D eigenvalue weighted by Crippen LogP contribution is -2.14. The van der Waals surface area contributed by atoms with E-state index in [9.17, 15) is 0 Å². The highest BCUT2D eigenvalue weighted by molar-refractivity contribution is 9.10. The molecule has 0 saturated carbocycles. The molecule has 0 bridgehead atoms. The molecule has 1 aromatic heterocycles. The summed E-state index contributed by atoms with van der Waals surface area (Å²) in [5.74, 6) is 2.18. The first-order chi connectivity index (χ1) is 15.0. The number of aromatic nitrogens is 2. The molecule has 0 atom stereocenters. The lowest BCUT2D eigenvalue weighted by molar-refractivity contribution is 0.282. The maximum atomic E-state index is 6.09. The predicted octanol–water partition coefficient (Wildman–Crippen LogP) is 6.51. The molecule has 3 aromatic carbocycles. The van der Waals surface area contributed by atoms with E-state index in [0.29, 0.717) is 41.2 Å². The molecule has 31 heavy (non-hydrogen) atoms. The Morgan fingerprint density at radius 1 is 1.00 bits per heavy atom. The number of nitrogens with zero attached hydrogens (tertiary/aromatic N) is 1. The van der Waals surface area contributed by atoms with Crippen molar-refractivity contribution in [3.05, 3.63) is 86.1 Å². The van der Waals surface area contributed by atoms with E-state index in [4.69, 9.17) is 32.7 Å². The Labute approximate surface area is 198 Å². The van der Waals surface area contributed by atoms with Gasteiger partial charge < -0.3 is 19.8 Å². The molecule has 0 radical (unpaired) electrons. The molecule has 0 unspecified atom stereocenters. The Balaban J connectivity index is 1.40. The van der Waals surface area contributed by atoms with Gasteiger partial charge in [-0.05, 0) is 63.5 Å². The van der Waals surface area contributed by atoms with Crippen LogP contribution in [0.4, 0.5) is 0 Å². The Morgan fingerprint density at radius 2 is 1.84 bits per heavy atom. The molecule has 0 aliphatic heterocycles. The molecular weight excluding hydrogens is 501 g/mol. The monoisotopic (exact) mass is 519 g/mol. The van der Waals surface area contributed by atoms with Gasteiger partial charge >= 0.3 is 0 Å². The highest BCUT2D eigenvalue weighted by atomic mass is 79.9. The first kappa shape index (κ1) is 22.0. The second-order valence-corrected chi connectivity index (χ2v) is 8.62. The molecule has 4 rings (SSSR count). The van der Waals surface area contributed by atoms with Gasteiger partial charge in [0.1, 0.15) is 12.4 Å². The SMILES string of the molecule is COc1cc(CNCc2nc3ccccc3[nH]2)cc(Br)c1OCc1ccc(Cl)c(Cl)c1. The van der Waals surface area contributed by atoms with Crippen LogP contribution in [-0.4, -0.2) is 17.1 Å². The normalized spacial score (nSPS) is 11.1. The van der Waals surface area contributed by atoms with Crippen LogP contribution < -0.4 is 14.8 Å². The average molecular weight is 521 g/mol. The zero-order valence-electron chi connectivity index (χ0n) is 16.7. The molecule has 2 N–H and O–H groups in total. The number of para-hydroxylation sites is 2. The Bertz CT molecular complexity index is 1180. The first-order valence-corrected chi connectivity index (χ1v) is 11.2. The first-order valence-electron chi connectivity index (χ1n) is 9.61. The molecular formula is C23H20BrCl2N3O2. The van der Waals surface area contributed by atoms with E-state index in [1.54, 1.807) is 19.2 Å². The molecule has 0 aliphatic carbocycles. The number of aromatic amines is 1. The number of imidazole rings is 1. The van der Waals surface area contributed by atoms with Crippen molar-refractivity contribution in [3.63, 3.8) is 0 Å². The average Bonchev–Trinajstić information content (AvgIpc) is 3.18. The Hall–Kier alpha value is -2.25. The van der Waals surface area contributed by atoms with Crippen LogP contribution in [0.2, 0.25) is 10.0 Å². The van der Waals surface area contributed by atoms with E-state index in [1.165, 1.54) is 0 Å². The third-order valence-corrected chi connectivity index (χ3v) is 6.04. The van der Waals surface area contributed by atoms with Crippen LogP contribution in [0.3, 0.4) is 0 Å². The molecule has 4 aromatic rings. The number of rotatable bonds is 8. The summed E-state index contributed by atoms with van der Waals surface area (Å²) in [6.07, 6.45) is 0. The van der Waals surface area contributed by atoms with Gasteiger partial charge in [-0.15, -0.1) is 0 Å². The number of halogens is 3. The summed E-state index contributed by atoms with van der Waals surface area (Å²) < 4.78 is 12.4. The zero-order valence-corrected chi connectivity index (χ0v) is 19.8. The summed E-state index contributed by atoms with van der Waals surface area (Å²) in [7, 11) is 1.62. The largest absolute Gasteiger partial charge is 0.493 e. The summed E-state index contributed by atoms with van der Waals surface area (Å²) in [6.45, 7) is 1.62. The molecule has 0 amide bonds. The van der Waals surface area contributed by atoms with E-state index in [0.717, 1.165) is 32.5 Å². The standard InChI is InChI=1S/C23H20BrCl2N3O2/c1-30-21-10-15(11-27-12-22-28-19-4-2-3-5-20(19)29-22)8-16(24)23(21)31-13-14-6-7-17(25)18(26)9-14/h2-10,27H,11-13H2,1H3,(H,28,29). The van der Waals surface area contributed by atoms with Crippen molar-refractivity contribution in [3.8, 4) is 11.5 Å². The zero-order chi connectivity index (χ0) is 21.8. The van der Waals surface area contributed by atoms with E-state index < -0.39 is 0 Å². The number of methoxy groups -OCH3 is 1. The molecule has 8 heteroatoms. The van der Waals surface area contributed by atoms with Crippen LogP contribution in [0.25, 0.3) is 11.0 Å². The number of fused-ring (bicyclic) bond motifs is 1. The highest BCUT2D eigenvalue weighted by Crippen LogP contribution is 2.37. The maximum absolute atomic E-state index is 6.09. The second kappa shape index (κ2) is 9.92. The smallest absolute Gasteiger partial charge is 0.175 e. The molecule has 0 aliphatic rings. The molecule has 5 nitrogen and oxygen atoms in total. The van der Waals surface area contributed by atoms with Gasteiger partial charge in [0.15, 0.2) is 11.5 Å². The fourth-order valence-corrected chi connectivity index (χ4v) is 4.14. The number of nitrogens with one attached hydrogen (secondary N) is 2. The Morgan fingerprint density at radius 3 is 2.61 bits per heavy atom. The van der Waals surface area contributed by atoms with E-state index in [-0.39, 0.29) is 0 Å². The number of hydrogen-bond acceptors (Lipinski definition) is 4. The summed E-state index contributed by atoms with van der Waals surface area (Å²) >= 11 is 15.7. The van der Waals surface area contributed by atoms with Gasteiger partial charge in [0.25, 0.3) is 0 Å². The van der Waals surface area contributed by atoms with Gasteiger partial charge in [-0.2, -0.15) is 0 Å². The van der Waals surface area contributed by atoms with E-state index in [1.807, 2.05) is 42.5 Å². The van der Waals surface area contributed by atoms with Gasteiger partial charge in [-0.25, -0.2) is 4.98 Å². The summed E-state index contributed by atoms with van der Waals surface area (Å²) in [5, 5.41) is 4.43. The predicted molar refractivity (Wildman–Crippen MR) is 128 cm³/mol. The number of benzene rings is 3. The van der Waals surface area contributed by atoms with Gasteiger partial charge in [0.05, 0.1) is 39.2 Å². The Kier molecular flexibility index (Phi) is 7.02. The van der Waals surface area contributed by atoms with Crippen molar-refractivity contribution in [2.45, 2.75) is 19.7 Å². The summed E-state index contributed by atoms with van der Waals surface area (Å²) in [4.78, 5) is 7.90. The van der Waals surface area contributed by atoms with Crippen molar-refractivity contribution in [1.29, 1.82) is 0 Å². The quantitative estimate of drug-likeness (QED) is 0.278. The van der Waals surface area contributed by atoms with Gasteiger partial charge in [-0.3, -0.25) is 0 Å². The van der Waals surface area contributed by atoms with Crippen molar-refractivity contribution in [2.75, 3.05) is 7.11 Å². The van der Waals surface area contributed by atoms with Gasteiger partial charge in [0, 0.05) is 6.54 Å². The third kappa shape index (κ3) is 5.33. The van der Waals surface area contributed by atoms with Crippen LogP contribution in [0, 0.1) is 0 Å². The summed E-state index contributed by atoms with van der Waals surface area (Å²) in [6, 6.07) is 17.4. The lowest BCUT2D eigenvalue weighted by Gasteiger charge is -2.15. The van der Waals surface area contributed by atoms with Gasteiger partial charge in [-0.1, -0.05) is 41.4 Å². The topological polar surface area (TPSA) is 59.2 Å². The molecule has 0 saturated heterocycles.